The standard InChI is InChI=1S/C13H11NO5S2/c1-21(18,19)9-4-2-3-8(7-9)12(15)14-11-6-5-10(20-11)13(16)17/h2-7H,1H3,(H,14,15)(H,16,17). The molecule has 0 fully saturated rings. The second kappa shape index (κ2) is 5.66. The molecule has 0 bridgehead atoms. The van der Waals surface area contributed by atoms with Crippen molar-refractivity contribution in [3.8, 4) is 0 Å². The van der Waals surface area contributed by atoms with E-state index in [9.17, 15) is 18.0 Å². The topological polar surface area (TPSA) is 101 Å². The molecule has 110 valence electrons. The van der Waals surface area contributed by atoms with Gasteiger partial charge < -0.3 is 10.4 Å². The number of aromatic carboxylic acids is 1. The largest absolute Gasteiger partial charge is 0.477 e. The number of carboxylic acids is 1. The third-order valence-electron chi connectivity index (χ3n) is 2.58. The average Bonchev–Trinajstić information content (AvgIpc) is 2.86. The Hall–Kier alpha value is -2.19. The summed E-state index contributed by atoms with van der Waals surface area (Å²) in [5, 5.41) is 11.7. The van der Waals surface area contributed by atoms with Crippen molar-refractivity contribution in [3.63, 3.8) is 0 Å². The van der Waals surface area contributed by atoms with Gasteiger partial charge in [-0.2, -0.15) is 0 Å². The monoisotopic (exact) mass is 325 g/mol. The second-order valence-corrected chi connectivity index (χ2v) is 7.32. The second-order valence-electron chi connectivity index (χ2n) is 4.22. The van der Waals surface area contributed by atoms with Crippen LogP contribution in [0.5, 0.6) is 0 Å². The molecule has 0 radical (unpaired) electrons. The molecule has 2 N–H and O–H groups in total. The Kier molecular flexibility index (Phi) is 4.10. The van der Waals surface area contributed by atoms with Crippen LogP contribution in [0.2, 0.25) is 0 Å². The van der Waals surface area contributed by atoms with Crippen LogP contribution in [0, 0.1) is 0 Å². The Bertz CT molecular complexity index is 807. The van der Waals surface area contributed by atoms with Crippen molar-refractivity contribution >= 4 is 38.1 Å². The number of carboxylic acid groups (broad SMARTS) is 1. The normalized spacial score (nSPS) is 11.1. The van der Waals surface area contributed by atoms with Crippen molar-refractivity contribution in [2.75, 3.05) is 11.6 Å². The van der Waals surface area contributed by atoms with Crippen LogP contribution >= 0.6 is 11.3 Å². The molecule has 0 aliphatic carbocycles. The Morgan fingerprint density at radius 1 is 1.19 bits per heavy atom. The van der Waals surface area contributed by atoms with Crippen molar-refractivity contribution < 1.29 is 23.1 Å². The molecular formula is C13H11NO5S2. The van der Waals surface area contributed by atoms with E-state index in [1.165, 1.54) is 36.4 Å². The minimum Gasteiger partial charge on any atom is -0.477 e. The van der Waals surface area contributed by atoms with Crippen molar-refractivity contribution in [1.82, 2.24) is 0 Å². The van der Waals surface area contributed by atoms with E-state index in [1.807, 2.05) is 0 Å². The Labute approximate surface area is 125 Å². The minimum atomic E-state index is -3.39. The lowest BCUT2D eigenvalue weighted by molar-refractivity contribution is 0.0702. The van der Waals surface area contributed by atoms with Gasteiger partial charge in [0.1, 0.15) is 4.88 Å². The van der Waals surface area contributed by atoms with Gasteiger partial charge in [-0.25, -0.2) is 13.2 Å². The van der Waals surface area contributed by atoms with E-state index in [0.29, 0.717) is 5.00 Å². The predicted octanol–water partition coefficient (Wildman–Crippen LogP) is 2.10. The predicted molar refractivity (Wildman–Crippen MR) is 78.8 cm³/mol. The van der Waals surface area contributed by atoms with Crippen LogP contribution in [0.1, 0.15) is 20.0 Å². The fraction of sp³-hybridized carbons (Fsp3) is 0.0769. The number of carbonyl (C=O) groups excluding carboxylic acids is 1. The maximum atomic E-state index is 12.0. The zero-order valence-electron chi connectivity index (χ0n) is 10.9. The number of nitrogens with one attached hydrogen (secondary N) is 1. The van der Waals surface area contributed by atoms with Crippen LogP contribution < -0.4 is 5.32 Å². The lowest BCUT2D eigenvalue weighted by Crippen LogP contribution is -2.11. The molecule has 0 aliphatic rings. The van der Waals surface area contributed by atoms with E-state index < -0.39 is 21.7 Å². The number of anilines is 1. The maximum absolute atomic E-state index is 12.0. The summed E-state index contributed by atoms with van der Waals surface area (Å²) in [4.78, 5) is 22.9. The third-order valence-corrected chi connectivity index (χ3v) is 4.68. The Balaban J connectivity index is 2.22. The lowest BCUT2D eigenvalue weighted by Gasteiger charge is -2.04. The number of thiophene rings is 1. The number of rotatable bonds is 4. The molecule has 1 heterocycles. The van der Waals surface area contributed by atoms with E-state index in [4.69, 9.17) is 5.11 Å². The number of hydrogen-bond acceptors (Lipinski definition) is 5. The summed E-state index contributed by atoms with van der Waals surface area (Å²) in [7, 11) is -3.39. The van der Waals surface area contributed by atoms with Crippen LogP contribution in [0.25, 0.3) is 0 Å². The van der Waals surface area contributed by atoms with Gasteiger partial charge in [0.15, 0.2) is 9.84 Å². The van der Waals surface area contributed by atoms with E-state index in [-0.39, 0.29) is 15.3 Å². The zero-order chi connectivity index (χ0) is 15.6. The molecule has 0 aliphatic heterocycles. The summed E-state index contributed by atoms with van der Waals surface area (Å²) >= 11 is 0.924. The van der Waals surface area contributed by atoms with Crippen molar-refractivity contribution in [3.05, 3.63) is 46.8 Å². The van der Waals surface area contributed by atoms with Crippen molar-refractivity contribution in [2.45, 2.75) is 4.90 Å². The summed E-state index contributed by atoms with van der Waals surface area (Å²) in [6.07, 6.45) is 1.06. The van der Waals surface area contributed by atoms with Gasteiger partial charge in [-0.3, -0.25) is 4.79 Å². The van der Waals surface area contributed by atoms with Gasteiger partial charge in [-0.1, -0.05) is 6.07 Å². The molecule has 21 heavy (non-hydrogen) atoms. The van der Waals surface area contributed by atoms with Crippen LogP contribution in [-0.4, -0.2) is 31.7 Å². The van der Waals surface area contributed by atoms with E-state index in [0.717, 1.165) is 17.6 Å². The van der Waals surface area contributed by atoms with Gasteiger partial charge in [-0.15, -0.1) is 11.3 Å². The van der Waals surface area contributed by atoms with Gasteiger partial charge in [0, 0.05) is 11.8 Å². The highest BCUT2D eigenvalue weighted by Crippen LogP contribution is 2.22. The number of benzene rings is 1. The molecular weight excluding hydrogens is 314 g/mol. The van der Waals surface area contributed by atoms with Crippen LogP contribution in [0.4, 0.5) is 5.00 Å². The van der Waals surface area contributed by atoms with E-state index in [1.54, 1.807) is 0 Å². The molecule has 0 atom stereocenters. The molecule has 1 aromatic carbocycles. The maximum Gasteiger partial charge on any atom is 0.345 e. The Morgan fingerprint density at radius 3 is 2.48 bits per heavy atom. The van der Waals surface area contributed by atoms with Crippen LogP contribution in [0.3, 0.4) is 0 Å². The van der Waals surface area contributed by atoms with Crippen molar-refractivity contribution in [1.29, 1.82) is 0 Å². The van der Waals surface area contributed by atoms with E-state index >= 15 is 0 Å². The molecule has 6 nitrogen and oxygen atoms in total. The first-order chi connectivity index (χ1) is 9.77. The number of amides is 1. The Morgan fingerprint density at radius 2 is 1.90 bits per heavy atom. The molecule has 0 saturated carbocycles. The first kappa shape index (κ1) is 15.2. The highest BCUT2D eigenvalue weighted by molar-refractivity contribution is 7.90. The SMILES string of the molecule is CS(=O)(=O)c1cccc(C(=O)Nc2ccc(C(=O)O)s2)c1. The minimum absolute atomic E-state index is 0.0487. The van der Waals surface area contributed by atoms with Crippen molar-refractivity contribution in [2.24, 2.45) is 0 Å². The van der Waals surface area contributed by atoms with Gasteiger partial charge >= 0.3 is 5.97 Å². The zero-order valence-corrected chi connectivity index (χ0v) is 12.5. The first-order valence-electron chi connectivity index (χ1n) is 5.72. The fourth-order valence-electron chi connectivity index (χ4n) is 1.57. The fourth-order valence-corrected chi connectivity index (χ4v) is 2.98. The smallest absolute Gasteiger partial charge is 0.345 e. The lowest BCUT2D eigenvalue weighted by atomic mass is 10.2. The van der Waals surface area contributed by atoms with Gasteiger partial charge in [0.25, 0.3) is 5.91 Å². The van der Waals surface area contributed by atoms with Crippen LogP contribution in [0.15, 0.2) is 41.3 Å². The molecule has 0 saturated heterocycles. The van der Waals surface area contributed by atoms with Gasteiger partial charge in [-0.05, 0) is 30.3 Å². The summed E-state index contributed by atoms with van der Waals surface area (Å²) in [5.74, 6) is -1.57. The molecule has 1 aromatic heterocycles. The highest BCUT2D eigenvalue weighted by Gasteiger charge is 2.13. The third kappa shape index (κ3) is 3.67. The number of carbonyl (C=O) groups is 2. The number of sulfone groups is 1. The summed E-state index contributed by atoms with van der Waals surface area (Å²) < 4.78 is 22.9. The van der Waals surface area contributed by atoms with Gasteiger partial charge in [0.05, 0.1) is 9.90 Å². The molecule has 2 rings (SSSR count). The summed E-state index contributed by atoms with van der Waals surface area (Å²) in [5.41, 5.74) is 0.184. The van der Waals surface area contributed by atoms with Gasteiger partial charge in [0.2, 0.25) is 0 Å². The first-order valence-corrected chi connectivity index (χ1v) is 8.43. The molecule has 0 unspecified atom stereocenters. The number of hydrogen-bond donors (Lipinski definition) is 2. The molecule has 2 aromatic rings. The molecule has 0 spiro atoms. The molecule has 1 amide bonds. The van der Waals surface area contributed by atoms with E-state index in [2.05, 4.69) is 5.32 Å². The highest BCUT2D eigenvalue weighted by atomic mass is 32.2. The van der Waals surface area contributed by atoms with Crippen LogP contribution in [-0.2, 0) is 9.84 Å². The molecule has 8 heteroatoms. The summed E-state index contributed by atoms with van der Waals surface area (Å²) in [6, 6.07) is 8.50. The summed E-state index contributed by atoms with van der Waals surface area (Å²) in [6.45, 7) is 0. The average molecular weight is 325 g/mol. The quantitative estimate of drug-likeness (QED) is 0.896.